The fraction of sp³-hybridized carbons (Fsp3) is 0.375. The van der Waals surface area contributed by atoms with E-state index in [-0.39, 0.29) is 5.91 Å². The molecule has 158 valence electrons. The summed E-state index contributed by atoms with van der Waals surface area (Å²) in [6.45, 7) is 3.27. The lowest BCUT2D eigenvalue weighted by molar-refractivity contribution is -0.131. The SMILES string of the molecule is COc1ccc(N2CCN(C(=O)CCCc3c[nH]c4ccc(OC)cc34)CC2)cc1. The number of benzene rings is 2. The normalized spacial score (nSPS) is 14.2. The topological polar surface area (TPSA) is 57.8 Å². The van der Waals surface area contributed by atoms with Gasteiger partial charge in [-0.3, -0.25) is 4.79 Å². The molecule has 1 aliphatic heterocycles. The van der Waals surface area contributed by atoms with Crippen molar-refractivity contribution < 1.29 is 14.3 Å². The smallest absolute Gasteiger partial charge is 0.222 e. The van der Waals surface area contributed by atoms with E-state index in [9.17, 15) is 4.79 Å². The van der Waals surface area contributed by atoms with Crippen LogP contribution in [0.15, 0.2) is 48.7 Å². The van der Waals surface area contributed by atoms with Crippen molar-refractivity contribution in [3.05, 3.63) is 54.2 Å². The highest BCUT2D eigenvalue weighted by Gasteiger charge is 2.21. The van der Waals surface area contributed by atoms with E-state index in [0.29, 0.717) is 6.42 Å². The lowest BCUT2D eigenvalue weighted by atomic mass is 10.1. The zero-order valence-electron chi connectivity index (χ0n) is 17.7. The van der Waals surface area contributed by atoms with Gasteiger partial charge in [0.2, 0.25) is 5.91 Å². The Hall–Kier alpha value is -3.15. The third-order valence-corrected chi connectivity index (χ3v) is 5.88. The number of aromatic nitrogens is 1. The summed E-state index contributed by atoms with van der Waals surface area (Å²) in [5.74, 6) is 1.97. The molecule has 1 fully saturated rings. The number of carbonyl (C=O) groups excluding carboxylic acids is 1. The van der Waals surface area contributed by atoms with E-state index in [1.807, 2.05) is 35.4 Å². The summed E-state index contributed by atoms with van der Waals surface area (Å²) in [6.07, 6.45) is 4.35. The first kappa shape index (κ1) is 20.1. The quantitative estimate of drug-likeness (QED) is 0.646. The lowest BCUT2D eigenvalue weighted by Crippen LogP contribution is -2.48. The maximum absolute atomic E-state index is 12.7. The summed E-state index contributed by atoms with van der Waals surface area (Å²) in [5, 5.41) is 1.18. The van der Waals surface area contributed by atoms with E-state index in [1.54, 1.807) is 14.2 Å². The van der Waals surface area contributed by atoms with E-state index in [0.717, 1.165) is 56.0 Å². The van der Waals surface area contributed by atoms with E-state index >= 15 is 0 Å². The third-order valence-electron chi connectivity index (χ3n) is 5.88. The van der Waals surface area contributed by atoms with Gasteiger partial charge < -0.3 is 24.3 Å². The van der Waals surface area contributed by atoms with Gasteiger partial charge in [-0.05, 0) is 60.9 Å². The molecule has 0 aliphatic carbocycles. The monoisotopic (exact) mass is 407 g/mol. The Balaban J connectivity index is 1.26. The molecule has 1 aromatic heterocycles. The minimum Gasteiger partial charge on any atom is -0.497 e. The molecule has 0 bridgehead atoms. The second kappa shape index (κ2) is 9.11. The van der Waals surface area contributed by atoms with Crippen molar-refractivity contribution >= 4 is 22.5 Å². The van der Waals surface area contributed by atoms with Crippen LogP contribution in [0.4, 0.5) is 5.69 Å². The van der Waals surface area contributed by atoms with Crippen LogP contribution in [0.2, 0.25) is 0 Å². The fourth-order valence-corrected chi connectivity index (χ4v) is 4.09. The first-order valence-electron chi connectivity index (χ1n) is 10.5. The van der Waals surface area contributed by atoms with Crippen molar-refractivity contribution in [2.24, 2.45) is 0 Å². The number of aromatic amines is 1. The number of anilines is 1. The Kier molecular flexibility index (Phi) is 6.12. The van der Waals surface area contributed by atoms with Crippen LogP contribution in [0.3, 0.4) is 0 Å². The molecule has 1 amide bonds. The van der Waals surface area contributed by atoms with Crippen LogP contribution in [0.5, 0.6) is 11.5 Å². The van der Waals surface area contributed by atoms with Crippen molar-refractivity contribution in [2.45, 2.75) is 19.3 Å². The predicted molar refractivity (Wildman–Crippen MR) is 120 cm³/mol. The predicted octanol–water partition coefficient (Wildman–Crippen LogP) is 3.86. The first-order chi connectivity index (χ1) is 14.7. The second-order valence-corrected chi connectivity index (χ2v) is 7.64. The summed E-state index contributed by atoms with van der Waals surface area (Å²) in [5.41, 5.74) is 3.52. The van der Waals surface area contributed by atoms with E-state index in [4.69, 9.17) is 9.47 Å². The Morgan fingerprint density at radius 3 is 2.37 bits per heavy atom. The van der Waals surface area contributed by atoms with E-state index in [2.05, 4.69) is 28.1 Å². The van der Waals surface area contributed by atoms with Gasteiger partial charge in [0.1, 0.15) is 11.5 Å². The molecule has 6 nitrogen and oxygen atoms in total. The zero-order valence-corrected chi connectivity index (χ0v) is 17.7. The molecule has 0 radical (unpaired) electrons. The van der Waals surface area contributed by atoms with Gasteiger partial charge in [-0.15, -0.1) is 0 Å². The van der Waals surface area contributed by atoms with Gasteiger partial charge in [0.15, 0.2) is 0 Å². The van der Waals surface area contributed by atoms with E-state index < -0.39 is 0 Å². The number of ether oxygens (including phenoxy) is 2. The molecule has 1 N–H and O–H groups in total. The molecule has 3 aromatic rings. The molecular weight excluding hydrogens is 378 g/mol. The first-order valence-corrected chi connectivity index (χ1v) is 10.5. The molecule has 2 heterocycles. The van der Waals surface area contributed by atoms with Crippen LogP contribution in [0.1, 0.15) is 18.4 Å². The number of hydrogen-bond donors (Lipinski definition) is 1. The van der Waals surface area contributed by atoms with Crippen molar-refractivity contribution in [1.82, 2.24) is 9.88 Å². The van der Waals surface area contributed by atoms with Crippen LogP contribution >= 0.6 is 0 Å². The highest BCUT2D eigenvalue weighted by molar-refractivity contribution is 5.84. The Labute approximate surface area is 177 Å². The second-order valence-electron chi connectivity index (χ2n) is 7.64. The Morgan fingerprint density at radius 1 is 0.967 bits per heavy atom. The average molecular weight is 408 g/mol. The lowest BCUT2D eigenvalue weighted by Gasteiger charge is -2.36. The molecule has 30 heavy (non-hydrogen) atoms. The summed E-state index contributed by atoms with van der Waals surface area (Å²) in [4.78, 5) is 20.3. The molecule has 0 spiro atoms. The molecule has 2 aromatic carbocycles. The third kappa shape index (κ3) is 4.37. The largest absolute Gasteiger partial charge is 0.497 e. The number of nitrogens with one attached hydrogen (secondary N) is 1. The number of piperazine rings is 1. The number of hydrogen-bond acceptors (Lipinski definition) is 4. The summed E-state index contributed by atoms with van der Waals surface area (Å²) < 4.78 is 10.6. The zero-order chi connectivity index (χ0) is 20.9. The number of rotatable bonds is 7. The van der Waals surface area contributed by atoms with E-state index in [1.165, 1.54) is 16.6 Å². The van der Waals surface area contributed by atoms with Crippen molar-refractivity contribution in [1.29, 1.82) is 0 Å². The molecule has 4 rings (SSSR count). The highest BCUT2D eigenvalue weighted by Crippen LogP contribution is 2.25. The maximum Gasteiger partial charge on any atom is 0.222 e. The Morgan fingerprint density at radius 2 is 1.67 bits per heavy atom. The average Bonchev–Trinajstić information content (AvgIpc) is 3.21. The number of nitrogens with zero attached hydrogens (tertiary/aromatic N) is 2. The number of aryl methyl sites for hydroxylation is 1. The van der Waals surface area contributed by atoms with Crippen molar-refractivity contribution in [3.8, 4) is 11.5 Å². The highest BCUT2D eigenvalue weighted by atomic mass is 16.5. The molecule has 0 unspecified atom stereocenters. The van der Waals surface area contributed by atoms with Gasteiger partial charge in [0.25, 0.3) is 0 Å². The Bertz CT molecular complexity index is 989. The molecule has 0 saturated carbocycles. The fourth-order valence-electron chi connectivity index (χ4n) is 4.09. The van der Waals surface area contributed by atoms with Gasteiger partial charge in [0, 0.05) is 55.4 Å². The molecule has 6 heteroatoms. The van der Waals surface area contributed by atoms with Crippen molar-refractivity contribution in [2.75, 3.05) is 45.3 Å². The molecule has 1 saturated heterocycles. The minimum absolute atomic E-state index is 0.252. The number of carbonyl (C=O) groups is 1. The summed E-state index contributed by atoms with van der Waals surface area (Å²) >= 11 is 0. The van der Waals surface area contributed by atoms with Crippen molar-refractivity contribution in [3.63, 3.8) is 0 Å². The standard InChI is InChI=1S/C24H29N3O3/c1-29-20-8-6-19(7-9-20)26-12-14-27(15-13-26)24(28)5-3-4-18-17-25-23-11-10-21(30-2)16-22(18)23/h6-11,16-17,25H,3-5,12-15H2,1-2H3. The molecular formula is C24H29N3O3. The van der Waals surface area contributed by atoms with Crippen LogP contribution in [0, 0.1) is 0 Å². The molecule has 1 aliphatic rings. The number of methoxy groups -OCH3 is 2. The minimum atomic E-state index is 0.252. The van der Waals surface area contributed by atoms with Gasteiger partial charge in [-0.25, -0.2) is 0 Å². The molecule has 0 atom stereocenters. The summed E-state index contributed by atoms with van der Waals surface area (Å²) in [7, 11) is 3.36. The summed E-state index contributed by atoms with van der Waals surface area (Å²) in [6, 6.07) is 14.2. The number of amides is 1. The van der Waals surface area contributed by atoms with Gasteiger partial charge in [0.05, 0.1) is 14.2 Å². The van der Waals surface area contributed by atoms with Gasteiger partial charge in [-0.2, -0.15) is 0 Å². The van der Waals surface area contributed by atoms with Crippen LogP contribution < -0.4 is 14.4 Å². The van der Waals surface area contributed by atoms with Crippen LogP contribution in [0.25, 0.3) is 10.9 Å². The van der Waals surface area contributed by atoms with Crippen LogP contribution in [-0.4, -0.2) is 56.2 Å². The van der Waals surface area contributed by atoms with Crippen LogP contribution in [-0.2, 0) is 11.2 Å². The van der Waals surface area contributed by atoms with Gasteiger partial charge in [-0.1, -0.05) is 0 Å². The number of fused-ring (bicyclic) bond motifs is 1. The number of H-pyrrole nitrogens is 1. The van der Waals surface area contributed by atoms with Gasteiger partial charge >= 0.3 is 0 Å². The maximum atomic E-state index is 12.7.